The molecule has 0 fully saturated rings. The number of esters is 1. The van der Waals surface area contributed by atoms with Gasteiger partial charge in [0.25, 0.3) is 0 Å². The number of benzene rings is 1. The Morgan fingerprint density at radius 3 is 2.89 bits per heavy atom. The number of carbonyl (C=O) groups is 1. The van der Waals surface area contributed by atoms with E-state index in [9.17, 15) is 9.18 Å². The maximum Gasteiger partial charge on any atom is 0.359 e. The van der Waals surface area contributed by atoms with Crippen molar-refractivity contribution >= 4 is 44.9 Å². The van der Waals surface area contributed by atoms with Crippen molar-refractivity contribution in [3.05, 3.63) is 33.3 Å². The molecule has 0 spiro atoms. The molecule has 2 rings (SSSR count). The molecule has 0 aliphatic rings. The molecule has 0 atom stereocenters. The summed E-state index contributed by atoms with van der Waals surface area (Å²) >= 11 is 3.18. The molecule has 0 bridgehead atoms. The number of thiazole rings is 1. The molecule has 0 aliphatic carbocycles. The van der Waals surface area contributed by atoms with E-state index >= 15 is 0 Å². The van der Waals surface area contributed by atoms with Crippen molar-refractivity contribution in [1.82, 2.24) is 4.98 Å². The van der Waals surface area contributed by atoms with Crippen LogP contribution in [0.5, 0.6) is 0 Å². The van der Waals surface area contributed by atoms with Gasteiger partial charge in [-0.15, -0.1) is 0 Å². The molecule has 18 heavy (non-hydrogen) atoms. The van der Waals surface area contributed by atoms with Gasteiger partial charge in [0.15, 0.2) is 5.69 Å². The summed E-state index contributed by atoms with van der Waals surface area (Å²) in [7, 11) is 1.27. The molecular weight excluding hydrogens is 370 g/mol. The quantitative estimate of drug-likeness (QED) is 0.645. The highest BCUT2D eigenvalue weighted by molar-refractivity contribution is 14.1. The number of aromatic nitrogens is 1. The van der Waals surface area contributed by atoms with E-state index in [1.807, 2.05) is 22.6 Å². The van der Waals surface area contributed by atoms with E-state index in [0.29, 0.717) is 8.58 Å². The lowest BCUT2D eigenvalue weighted by Crippen LogP contribution is -2.04. The number of halogens is 2. The van der Waals surface area contributed by atoms with Crippen LogP contribution in [0, 0.1) is 9.39 Å². The Hall–Kier alpha value is -1.22. The predicted molar refractivity (Wildman–Crippen MR) is 76.0 cm³/mol. The van der Waals surface area contributed by atoms with Crippen molar-refractivity contribution in [2.45, 2.75) is 0 Å². The first-order valence-corrected chi connectivity index (χ1v) is 6.72. The zero-order chi connectivity index (χ0) is 13.3. The SMILES string of the molecule is COC(=O)c1nc(-c2ccc(F)cc2I)sc1N. The first kappa shape index (κ1) is 13.2. The Labute approximate surface area is 120 Å². The van der Waals surface area contributed by atoms with Crippen molar-refractivity contribution < 1.29 is 13.9 Å². The highest BCUT2D eigenvalue weighted by Gasteiger charge is 2.18. The zero-order valence-corrected chi connectivity index (χ0v) is 12.2. The minimum absolute atomic E-state index is 0.0950. The van der Waals surface area contributed by atoms with Crippen LogP contribution >= 0.6 is 33.9 Å². The molecule has 7 heteroatoms. The van der Waals surface area contributed by atoms with Gasteiger partial charge in [0.05, 0.1) is 7.11 Å². The third-order valence-corrected chi connectivity index (χ3v) is 4.00. The van der Waals surface area contributed by atoms with Gasteiger partial charge in [-0.1, -0.05) is 11.3 Å². The largest absolute Gasteiger partial charge is 0.464 e. The van der Waals surface area contributed by atoms with Gasteiger partial charge in [-0.25, -0.2) is 14.2 Å². The number of hydrogen-bond acceptors (Lipinski definition) is 5. The number of methoxy groups -OCH3 is 1. The summed E-state index contributed by atoms with van der Waals surface area (Å²) in [6.07, 6.45) is 0. The van der Waals surface area contributed by atoms with Crippen molar-refractivity contribution in [2.24, 2.45) is 0 Å². The molecule has 0 amide bonds. The third kappa shape index (κ3) is 2.46. The Morgan fingerprint density at radius 1 is 1.56 bits per heavy atom. The number of nitrogens with zero attached hydrogens (tertiary/aromatic N) is 1. The van der Waals surface area contributed by atoms with Crippen molar-refractivity contribution in [2.75, 3.05) is 12.8 Å². The summed E-state index contributed by atoms with van der Waals surface area (Å²) in [5.74, 6) is -0.895. The number of hydrogen-bond donors (Lipinski definition) is 1. The molecule has 1 aromatic carbocycles. The molecule has 2 N–H and O–H groups in total. The van der Waals surface area contributed by atoms with Crippen LogP contribution in [0.2, 0.25) is 0 Å². The maximum atomic E-state index is 13.0. The minimum Gasteiger partial charge on any atom is -0.464 e. The van der Waals surface area contributed by atoms with Gasteiger partial charge in [-0.3, -0.25) is 0 Å². The fraction of sp³-hybridized carbons (Fsp3) is 0.0909. The third-order valence-electron chi connectivity index (χ3n) is 2.19. The van der Waals surface area contributed by atoms with Crippen LogP contribution in [0.4, 0.5) is 9.39 Å². The van der Waals surface area contributed by atoms with E-state index in [-0.39, 0.29) is 16.5 Å². The van der Waals surface area contributed by atoms with Crippen molar-refractivity contribution in [1.29, 1.82) is 0 Å². The fourth-order valence-corrected chi connectivity index (χ4v) is 3.13. The summed E-state index contributed by atoms with van der Waals surface area (Å²) in [5.41, 5.74) is 6.55. The van der Waals surface area contributed by atoms with Crippen LogP contribution in [-0.4, -0.2) is 18.1 Å². The van der Waals surface area contributed by atoms with Gasteiger partial charge in [-0.2, -0.15) is 0 Å². The highest BCUT2D eigenvalue weighted by atomic mass is 127. The fourth-order valence-electron chi connectivity index (χ4n) is 1.35. The van der Waals surface area contributed by atoms with Crippen LogP contribution in [0.15, 0.2) is 18.2 Å². The molecule has 0 saturated heterocycles. The van der Waals surface area contributed by atoms with Gasteiger partial charge < -0.3 is 10.5 Å². The molecule has 2 aromatic rings. The van der Waals surface area contributed by atoms with Crippen LogP contribution in [0.1, 0.15) is 10.5 Å². The Bertz CT molecular complexity index is 615. The molecular formula is C11H8FIN2O2S. The average molecular weight is 378 g/mol. The van der Waals surface area contributed by atoms with E-state index in [4.69, 9.17) is 5.73 Å². The van der Waals surface area contributed by atoms with E-state index in [1.54, 1.807) is 6.07 Å². The van der Waals surface area contributed by atoms with E-state index < -0.39 is 5.97 Å². The molecule has 94 valence electrons. The standard InChI is InChI=1S/C11H8FIN2O2S/c1-17-11(16)8-9(14)18-10(15-8)6-3-2-5(12)4-7(6)13/h2-4H,14H2,1H3. The number of anilines is 1. The summed E-state index contributed by atoms with van der Waals surface area (Å²) in [5, 5.41) is 0.856. The smallest absolute Gasteiger partial charge is 0.359 e. The number of ether oxygens (including phenoxy) is 1. The maximum absolute atomic E-state index is 13.0. The summed E-state index contributed by atoms with van der Waals surface area (Å²) in [6.45, 7) is 0. The van der Waals surface area contributed by atoms with Gasteiger partial charge in [0.1, 0.15) is 15.8 Å². The molecule has 0 aliphatic heterocycles. The molecule has 0 radical (unpaired) electrons. The number of carbonyl (C=O) groups excluding carboxylic acids is 1. The van der Waals surface area contributed by atoms with Gasteiger partial charge >= 0.3 is 5.97 Å². The molecule has 1 heterocycles. The monoisotopic (exact) mass is 378 g/mol. The summed E-state index contributed by atoms with van der Waals surface area (Å²) < 4.78 is 18.3. The number of nitrogen functional groups attached to an aromatic ring is 1. The van der Waals surface area contributed by atoms with Gasteiger partial charge in [0.2, 0.25) is 0 Å². The minimum atomic E-state index is -0.577. The van der Waals surface area contributed by atoms with E-state index in [0.717, 1.165) is 5.56 Å². The lowest BCUT2D eigenvalue weighted by Gasteiger charge is -1.99. The highest BCUT2D eigenvalue weighted by Crippen LogP contribution is 2.33. The predicted octanol–water partition coefficient (Wildman–Crippen LogP) is 2.92. The molecule has 4 nitrogen and oxygen atoms in total. The van der Waals surface area contributed by atoms with Crippen molar-refractivity contribution in [3.63, 3.8) is 0 Å². The second-order valence-electron chi connectivity index (χ2n) is 3.35. The number of nitrogens with two attached hydrogens (primary N) is 1. The van der Waals surface area contributed by atoms with Crippen molar-refractivity contribution in [3.8, 4) is 10.6 Å². The number of rotatable bonds is 2. The summed E-state index contributed by atoms with van der Waals surface area (Å²) in [6, 6.07) is 4.34. The van der Waals surface area contributed by atoms with E-state index in [2.05, 4.69) is 9.72 Å². The zero-order valence-electron chi connectivity index (χ0n) is 9.24. The summed E-state index contributed by atoms with van der Waals surface area (Å²) in [4.78, 5) is 15.5. The normalized spacial score (nSPS) is 10.4. The van der Waals surface area contributed by atoms with Crippen LogP contribution in [0.3, 0.4) is 0 Å². The van der Waals surface area contributed by atoms with Crippen LogP contribution in [0.25, 0.3) is 10.6 Å². The Morgan fingerprint density at radius 2 is 2.28 bits per heavy atom. The van der Waals surface area contributed by atoms with Crippen LogP contribution < -0.4 is 5.73 Å². The molecule has 0 unspecified atom stereocenters. The second-order valence-corrected chi connectivity index (χ2v) is 5.54. The lowest BCUT2D eigenvalue weighted by atomic mass is 10.2. The van der Waals surface area contributed by atoms with Gasteiger partial charge in [0, 0.05) is 9.13 Å². The second kappa shape index (κ2) is 5.19. The lowest BCUT2D eigenvalue weighted by molar-refractivity contribution is 0.0596. The topological polar surface area (TPSA) is 65.2 Å². The first-order valence-electron chi connectivity index (χ1n) is 4.83. The van der Waals surface area contributed by atoms with Gasteiger partial charge in [-0.05, 0) is 40.8 Å². The Kier molecular flexibility index (Phi) is 3.81. The van der Waals surface area contributed by atoms with Crippen LogP contribution in [-0.2, 0) is 4.74 Å². The first-order chi connectivity index (χ1) is 8.52. The average Bonchev–Trinajstić information content (AvgIpc) is 2.70. The van der Waals surface area contributed by atoms with E-state index in [1.165, 1.54) is 30.6 Å². The Balaban J connectivity index is 2.49. The molecule has 1 aromatic heterocycles. The molecule has 0 saturated carbocycles.